The predicted octanol–water partition coefficient (Wildman–Crippen LogP) is -0.176. The summed E-state index contributed by atoms with van der Waals surface area (Å²) in [5.74, 6) is -0.630. The maximum atomic E-state index is 11.1. The van der Waals surface area contributed by atoms with Crippen LogP contribution in [0.25, 0.3) is 0 Å². The van der Waals surface area contributed by atoms with Crippen molar-refractivity contribution in [3.05, 3.63) is 23.8 Å². The third kappa shape index (κ3) is 4.31. The number of primary amides is 1. The van der Waals surface area contributed by atoms with Crippen molar-refractivity contribution in [3.8, 4) is 0 Å². The zero-order valence-corrected chi connectivity index (χ0v) is 10.3. The first-order valence-corrected chi connectivity index (χ1v) is 6.96. The lowest BCUT2D eigenvalue weighted by atomic mass is 10.1. The third-order valence-electron chi connectivity index (χ3n) is 2.10. The number of nitrogen functional groups attached to an aromatic ring is 1. The van der Waals surface area contributed by atoms with E-state index in [2.05, 4.69) is 5.32 Å². The van der Waals surface area contributed by atoms with Crippen LogP contribution in [0, 0.1) is 0 Å². The smallest absolute Gasteiger partial charge is 0.250 e. The lowest BCUT2D eigenvalue weighted by molar-refractivity contribution is 0.100. The Bertz CT molecular complexity index is 526. The molecule has 7 heteroatoms. The number of hydrogen-bond acceptors (Lipinski definition) is 5. The number of carbonyl (C=O) groups excluding carboxylic acids is 1. The summed E-state index contributed by atoms with van der Waals surface area (Å²) in [6.45, 7) is 0.211. The van der Waals surface area contributed by atoms with Gasteiger partial charge in [-0.05, 0) is 18.2 Å². The van der Waals surface area contributed by atoms with Crippen molar-refractivity contribution >= 4 is 27.1 Å². The molecule has 0 fully saturated rings. The lowest BCUT2D eigenvalue weighted by Crippen LogP contribution is -2.18. The monoisotopic (exact) mass is 257 g/mol. The van der Waals surface area contributed by atoms with Gasteiger partial charge in [0.1, 0.15) is 9.84 Å². The summed E-state index contributed by atoms with van der Waals surface area (Å²) in [6, 6.07) is 4.65. The van der Waals surface area contributed by atoms with E-state index in [9.17, 15) is 13.2 Å². The van der Waals surface area contributed by atoms with Crippen molar-refractivity contribution in [1.29, 1.82) is 0 Å². The number of sulfone groups is 1. The van der Waals surface area contributed by atoms with Crippen molar-refractivity contribution in [2.75, 3.05) is 29.6 Å². The fourth-order valence-electron chi connectivity index (χ4n) is 1.29. The van der Waals surface area contributed by atoms with Crippen LogP contribution in [-0.2, 0) is 9.84 Å². The molecule has 1 rings (SSSR count). The number of carbonyl (C=O) groups is 1. The van der Waals surface area contributed by atoms with Crippen LogP contribution < -0.4 is 16.8 Å². The van der Waals surface area contributed by atoms with Gasteiger partial charge in [0.15, 0.2) is 0 Å². The van der Waals surface area contributed by atoms with Gasteiger partial charge < -0.3 is 16.8 Å². The average molecular weight is 257 g/mol. The van der Waals surface area contributed by atoms with Crippen LogP contribution in [0.15, 0.2) is 18.2 Å². The number of nitrogens with one attached hydrogen (secondary N) is 1. The van der Waals surface area contributed by atoms with Crippen LogP contribution >= 0.6 is 0 Å². The van der Waals surface area contributed by atoms with Gasteiger partial charge in [0.05, 0.1) is 11.3 Å². The number of amides is 1. The van der Waals surface area contributed by atoms with E-state index in [1.165, 1.54) is 6.07 Å². The first-order chi connectivity index (χ1) is 7.79. The second-order valence-corrected chi connectivity index (χ2v) is 5.99. The zero-order chi connectivity index (χ0) is 13.1. The van der Waals surface area contributed by atoms with Crippen molar-refractivity contribution in [3.63, 3.8) is 0 Å². The summed E-state index contributed by atoms with van der Waals surface area (Å²) in [7, 11) is -3.04. The van der Waals surface area contributed by atoms with Crippen LogP contribution in [0.4, 0.5) is 11.4 Å². The van der Waals surface area contributed by atoms with E-state index in [0.29, 0.717) is 11.4 Å². The van der Waals surface area contributed by atoms with E-state index < -0.39 is 15.7 Å². The molecular weight excluding hydrogens is 242 g/mol. The topological polar surface area (TPSA) is 115 Å². The Kier molecular flexibility index (Phi) is 3.95. The molecule has 0 aliphatic heterocycles. The van der Waals surface area contributed by atoms with Gasteiger partial charge in [0.25, 0.3) is 5.91 Å². The molecule has 6 nitrogen and oxygen atoms in total. The first-order valence-electron chi connectivity index (χ1n) is 4.90. The van der Waals surface area contributed by atoms with Crippen LogP contribution in [0.3, 0.4) is 0 Å². The Morgan fingerprint density at radius 3 is 2.59 bits per heavy atom. The highest BCUT2D eigenvalue weighted by molar-refractivity contribution is 7.90. The minimum atomic E-state index is -3.04. The van der Waals surface area contributed by atoms with Crippen molar-refractivity contribution in [2.45, 2.75) is 0 Å². The van der Waals surface area contributed by atoms with Crippen LogP contribution in [0.1, 0.15) is 10.4 Å². The van der Waals surface area contributed by atoms with Crippen molar-refractivity contribution in [2.24, 2.45) is 5.73 Å². The average Bonchev–Trinajstić information content (AvgIpc) is 2.18. The van der Waals surface area contributed by atoms with E-state index >= 15 is 0 Å². The lowest BCUT2D eigenvalue weighted by Gasteiger charge is -2.10. The minimum absolute atomic E-state index is 0.0183. The maximum Gasteiger partial charge on any atom is 0.250 e. The van der Waals surface area contributed by atoms with Gasteiger partial charge in [-0.2, -0.15) is 0 Å². The number of anilines is 2. The Labute approximate surface area is 99.9 Å². The number of hydrogen-bond donors (Lipinski definition) is 3. The van der Waals surface area contributed by atoms with Crippen LogP contribution in [-0.4, -0.2) is 32.9 Å². The molecule has 0 heterocycles. The van der Waals surface area contributed by atoms with Crippen molar-refractivity contribution < 1.29 is 13.2 Å². The Morgan fingerprint density at radius 1 is 1.41 bits per heavy atom. The second-order valence-electron chi connectivity index (χ2n) is 3.73. The van der Waals surface area contributed by atoms with Crippen LogP contribution in [0.2, 0.25) is 0 Å². The molecule has 1 amide bonds. The van der Waals surface area contributed by atoms with Gasteiger partial charge in [0, 0.05) is 24.2 Å². The van der Waals surface area contributed by atoms with Gasteiger partial charge in [-0.3, -0.25) is 4.79 Å². The molecule has 0 aliphatic carbocycles. The molecule has 17 heavy (non-hydrogen) atoms. The molecule has 0 unspecified atom stereocenters. The summed E-state index contributed by atoms with van der Waals surface area (Å²) < 4.78 is 21.9. The first kappa shape index (κ1) is 13.3. The highest BCUT2D eigenvalue weighted by Crippen LogP contribution is 2.18. The Balaban J connectivity index is 2.81. The molecular formula is C10H15N3O3S. The molecule has 0 saturated carbocycles. The molecule has 0 bridgehead atoms. The molecule has 0 aliphatic rings. The molecule has 1 aromatic carbocycles. The van der Waals surface area contributed by atoms with Gasteiger partial charge >= 0.3 is 0 Å². The summed E-state index contributed by atoms with van der Waals surface area (Å²) in [5, 5.41) is 2.84. The zero-order valence-electron chi connectivity index (χ0n) is 9.43. The van der Waals surface area contributed by atoms with Gasteiger partial charge in [0.2, 0.25) is 0 Å². The minimum Gasteiger partial charge on any atom is -0.399 e. The molecule has 5 N–H and O–H groups in total. The molecule has 0 radical (unpaired) electrons. The Morgan fingerprint density at radius 2 is 2.06 bits per heavy atom. The SMILES string of the molecule is CS(=O)(=O)CCNc1ccc(N)cc1C(N)=O. The predicted molar refractivity (Wildman–Crippen MR) is 67.6 cm³/mol. The molecule has 0 atom stereocenters. The van der Waals surface area contributed by atoms with E-state index in [1.54, 1.807) is 12.1 Å². The normalized spacial score (nSPS) is 11.1. The highest BCUT2D eigenvalue weighted by atomic mass is 32.2. The molecule has 0 spiro atoms. The number of benzene rings is 1. The highest BCUT2D eigenvalue weighted by Gasteiger charge is 2.09. The largest absolute Gasteiger partial charge is 0.399 e. The van der Waals surface area contributed by atoms with Crippen LogP contribution in [0.5, 0.6) is 0 Å². The quantitative estimate of drug-likeness (QED) is 0.633. The van der Waals surface area contributed by atoms with E-state index in [-0.39, 0.29) is 17.9 Å². The van der Waals surface area contributed by atoms with Gasteiger partial charge in [-0.1, -0.05) is 0 Å². The Hall–Kier alpha value is -1.76. The second kappa shape index (κ2) is 5.05. The molecule has 94 valence electrons. The summed E-state index contributed by atoms with van der Waals surface area (Å²) in [5.41, 5.74) is 11.9. The molecule has 1 aromatic rings. The number of nitrogens with two attached hydrogens (primary N) is 2. The maximum absolute atomic E-state index is 11.1. The van der Waals surface area contributed by atoms with Crippen molar-refractivity contribution in [1.82, 2.24) is 0 Å². The molecule has 0 saturated heterocycles. The fraction of sp³-hybridized carbons (Fsp3) is 0.300. The summed E-state index contributed by atoms with van der Waals surface area (Å²) >= 11 is 0. The summed E-state index contributed by atoms with van der Waals surface area (Å²) in [6.07, 6.45) is 1.15. The fourth-order valence-corrected chi connectivity index (χ4v) is 1.76. The number of rotatable bonds is 5. The van der Waals surface area contributed by atoms with E-state index in [4.69, 9.17) is 11.5 Å². The standard InChI is InChI=1S/C10H15N3O3S/c1-17(15,16)5-4-13-9-3-2-7(11)6-8(9)10(12)14/h2-3,6,13H,4-5,11H2,1H3,(H2,12,14). The van der Waals surface area contributed by atoms with E-state index in [1.807, 2.05) is 0 Å². The van der Waals surface area contributed by atoms with E-state index in [0.717, 1.165) is 6.26 Å². The molecule has 0 aromatic heterocycles. The third-order valence-corrected chi connectivity index (χ3v) is 3.04. The van der Waals surface area contributed by atoms with Gasteiger partial charge in [-0.15, -0.1) is 0 Å². The van der Waals surface area contributed by atoms with Gasteiger partial charge in [-0.25, -0.2) is 8.42 Å². The summed E-state index contributed by atoms with van der Waals surface area (Å²) in [4.78, 5) is 11.1.